The van der Waals surface area contributed by atoms with Crippen molar-refractivity contribution in [3.8, 4) is 5.75 Å². The number of benzene rings is 2. The van der Waals surface area contributed by atoms with Crippen molar-refractivity contribution in [3.05, 3.63) is 88.5 Å². The van der Waals surface area contributed by atoms with Gasteiger partial charge in [0.1, 0.15) is 23.7 Å². The van der Waals surface area contributed by atoms with Crippen LogP contribution in [0.15, 0.2) is 77.4 Å². The summed E-state index contributed by atoms with van der Waals surface area (Å²) in [4.78, 5) is 25.5. The molecular weight excluding hydrogens is 382 g/mol. The molecule has 30 heavy (non-hydrogen) atoms. The Labute approximate surface area is 174 Å². The highest BCUT2D eigenvalue weighted by atomic mass is 16.5. The fourth-order valence-electron chi connectivity index (χ4n) is 3.96. The van der Waals surface area contributed by atoms with Gasteiger partial charge >= 0.3 is 5.97 Å². The van der Waals surface area contributed by atoms with Gasteiger partial charge in [-0.15, -0.1) is 0 Å². The minimum atomic E-state index is -0.694. The first-order valence-electron chi connectivity index (χ1n) is 9.88. The van der Waals surface area contributed by atoms with Crippen molar-refractivity contribution >= 4 is 11.8 Å². The molecule has 2 N–H and O–H groups in total. The standard InChI is InChI=1S/C24H23NO5/c1-28-24(27)22-20(21-17(26)11-7-13-19(21)30-23(22)25)16-10-5-6-12-18(16)29-14-15-8-3-2-4-9-15/h2-6,8-10,12,20H,7,11,13-14,25H2,1H3/t20-/m0/s1. The fraction of sp³-hybridized carbons (Fsp3) is 0.250. The Hall–Kier alpha value is -3.54. The number of para-hydroxylation sites is 1. The molecule has 0 fully saturated rings. The van der Waals surface area contributed by atoms with Crippen LogP contribution in [-0.4, -0.2) is 18.9 Å². The van der Waals surface area contributed by atoms with Gasteiger partial charge in [0.05, 0.1) is 13.0 Å². The lowest BCUT2D eigenvalue weighted by atomic mass is 9.77. The van der Waals surface area contributed by atoms with E-state index in [1.165, 1.54) is 7.11 Å². The molecule has 0 bridgehead atoms. The number of Topliss-reactive ketones (excluding diaryl/α,β-unsaturated/α-hetero) is 1. The van der Waals surface area contributed by atoms with Crippen LogP contribution in [0.3, 0.4) is 0 Å². The second kappa shape index (κ2) is 8.45. The molecule has 2 aromatic rings. The van der Waals surface area contributed by atoms with Crippen LogP contribution in [-0.2, 0) is 25.7 Å². The van der Waals surface area contributed by atoms with E-state index < -0.39 is 11.9 Å². The Bertz CT molecular complexity index is 1040. The van der Waals surface area contributed by atoms with E-state index in [0.717, 1.165) is 5.56 Å². The molecule has 0 aromatic heterocycles. The highest BCUT2D eigenvalue weighted by molar-refractivity contribution is 6.03. The van der Waals surface area contributed by atoms with Crippen molar-refractivity contribution in [1.82, 2.24) is 0 Å². The molecule has 0 unspecified atom stereocenters. The maximum atomic E-state index is 12.9. The molecule has 1 heterocycles. The molecule has 154 valence electrons. The third-order valence-corrected chi connectivity index (χ3v) is 5.36. The average Bonchev–Trinajstić information content (AvgIpc) is 2.77. The van der Waals surface area contributed by atoms with Crippen LogP contribution in [0.25, 0.3) is 0 Å². The Morgan fingerprint density at radius 3 is 2.60 bits per heavy atom. The largest absolute Gasteiger partial charge is 0.489 e. The summed E-state index contributed by atoms with van der Waals surface area (Å²) in [5.74, 6) is -0.292. The van der Waals surface area contributed by atoms with Crippen LogP contribution in [0, 0.1) is 0 Å². The lowest BCUT2D eigenvalue weighted by molar-refractivity contribution is -0.136. The smallest absolute Gasteiger partial charge is 0.340 e. The SMILES string of the molecule is COC(=O)C1=C(N)OC2=C(C(=O)CCC2)[C@@H]1c1ccccc1OCc1ccccc1. The lowest BCUT2D eigenvalue weighted by Crippen LogP contribution is -2.31. The minimum Gasteiger partial charge on any atom is -0.489 e. The molecule has 4 rings (SSSR count). The second-order valence-electron chi connectivity index (χ2n) is 7.23. The zero-order chi connectivity index (χ0) is 21.1. The summed E-state index contributed by atoms with van der Waals surface area (Å²) < 4.78 is 16.8. The van der Waals surface area contributed by atoms with Gasteiger partial charge in [0, 0.05) is 24.0 Å². The van der Waals surface area contributed by atoms with Crippen molar-refractivity contribution in [2.24, 2.45) is 5.73 Å². The van der Waals surface area contributed by atoms with Gasteiger partial charge in [-0.1, -0.05) is 48.5 Å². The van der Waals surface area contributed by atoms with Crippen molar-refractivity contribution in [3.63, 3.8) is 0 Å². The summed E-state index contributed by atoms with van der Waals surface area (Å²) in [6, 6.07) is 17.1. The van der Waals surface area contributed by atoms with Crippen LogP contribution in [0.1, 0.15) is 36.3 Å². The molecule has 0 saturated carbocycles. The van der Waals surface area contributed by atoms with E-state index in [0.29, 0.717) is 48.5 Å². The molecule has 2 aromatic carbocycles. The first-order chi connectivity index (χ1) is 14.6. The minimum absolute atomic E-state index is 0.0295. The molecule has 1 aliphatic heterocycles. The van der Waals surface area contributed by atoms with Crippen molar-refractivity contribution in [1.29, 1.82) is 0 Å². The Kier molecular flexibility index (Phi) is 5.57. The summed E-state index contributed by atoms with van der Waals surface area (Å²) >= 11 is 0. The van der Waals surface area contributed by atoms with Crippen LogP contribution in [0.2, 0.25) is 0 Å². The van der Waals surface area contributed by atoms with E-state index in [-0.39, 0.29) is 17.2 Å². The number of ketones is 1. The van der Waals surface area contributed by atoms with E-state index in [9.17, 15) is 9.59 Å². The summed E-state index contributed by atoms with van der Waals surface area (Å²) in [7, 11) is 1.28. The number of hydrogen-bond acceptors (Lipinski definition) is 6. The predicted octanol–water partition coefficient (Wildman–Crippen LogP) is 3.73. The summed E-state index contributed by atoms with van der Waals surface area (Å²) in [5.41, 5.74) is 8.41. The van der Waals surface area contributed by atoms with Crippen LogP contribution in [0.5, 0.6) is 5.75 Å². The lowest BCUT2D eigenvalue weighted by Gasteiger charge is -2.32. The zero-order valence-electron chi connectivity index (χ0n) is 16.7. The van der Waals surface area contributed by atoms with Crippen molar-refractivity contribution in [2.45, 2.75) is 31.8 Å². The molecule has 0 spiro atoms. The van der Waals surface area contributed by atoms with E-state index in [1.54, 1.807) is 0 Å². The number of rotatable bonds is 5. The highest BCUT2D eigenvalue weighted by Gasteiger charge is 2.42. The third-order valence-electron chi connectivity index (χ3n) is 5.36. The Balaban J connectivity index is 1.79. The number of allylic oxidation sites excluding steroid dienone is 2. The monoisotopic (exact) mass is 405 g/mol. The van der Waals surface area contributed by atoms with Gasteiger partial charge in [-0.25, -0.2) is 4.79 Å². The Morgan fingerprint density at radius 1 is 1.10 bits per heavy atom. The Morgan fingerprint density at radius 2 is 1.83 bits per heavy atom. The second-order valence-corrected chi connectivity index (χ2v) is 7.23. The van der Waals surface area contributed by atoms with Crippen LogP contribution < -0.4 is 10.5 Å². The molecular formula is C24H23NO5. The summed E-state index contributed by atoms with van der Waals surface area (Å²) in [6.45, 7) is 0.355. The molecule has 0 radical (unpaired) electrons. The van der Waals surface area contributed by atoms with Crippen LogP contribution in [0.4, 0.5) is 0 Å². The maximum absolute atomic E-state index is 12.9. The number of hydrogen-bond donors (Lipinski definition) is 1. The topological polar surface area (TPSA) is 87.9 Å². The number of carbonyl (C=O) groups is 2. The van der Waals surface area contributed by atoms with Crippen molar-refractivity contribution < 1.29 is 23.8 Å². The predicted molar refractivity (Wildman–Crippen MR) is 110 cm³/mol. The van der Waals surface area contributed by atoms with Crippen LogP contribution >= 0.6 is 0 Å². The van der Waals surface area contributed by atoms with Gasteiger partial charge in [0.15, 0.2) is 5.78 Å². The van der Waals surface area contributed by atoms with Gasteiger partial charge < -0.3 is 19.9 Å². The molecule has 0 saturated heterocycles. The van der Waals surface area contributed by atoms with E-state index in [2.05, 4.69) is 0 Å². The molecule has 6 heteroatoms. The zero-order valence-corrected chi connectivity index (χ0v) is 16.7. The fourth-order valence-corrected chi connectivity index (χ4v) is 3.96. The van der Waals surface area contributed by atoms with Gasteiger partial charge in [-0.3, -0.25) is 4.79 Å². The average molecular weight is 405 g/mol. The molecule has 0 amide bonds. The quantitative estimate of drug-likeness (QED) is 0.763. The van der Waals surface area contributed by atoms with E-state index >= 15 is 0 Å². The van der Waals surface area contributed by atoms with Gasteiger partial charge in [-0.2, -0.15) is 0 Å². The summed E-state index contributed by atoms with van der Waals surface area (Å²) in [5, 5.41) is 0. The number of ether oxygens (including phenoxy) is 3. The third kappa shape index (κ3) is 3.68. The number of esters is 1. The van der Waals surface area contributed by atoms with E-state index in [4.69, 9.17) is 19.9 Å². The molecule has 6 nitrogen and oxygen atoms in total. The van der Waals surface area contributed by atoms with Gasteiger partial charge in [0.25, 0.3) is 0 Å². The molecule has 1 aliphatic carbocycles. The van der Waals surface area contributed by atoms with Crippen molar-refractivity contribution in [2.75, 3.05) is 7.11 Å². The molecule has 1 atom stereocenters. The molecule has 2 aliphatic rings. The number of nitrogens with two attached hydrogens (primary N) is 1. The summed E-state index contributed by atoms with van der Waals surface area (Å²) in [6.07, 6.45) is 1.69. The normalized spacial score (nSPS) is 18.6. The number of methoxy groups -OCH3 is 1. The van der Waals surface area contributed by atoms with E-state index in [1.807, 2.05) is 54.6 Å². The van der Waals surface area contributed by atoms with Gasteiger partial charge in [-0.05, 0) is 18.1 Å². The van der Waals surface area contributed by atoms with Gasteiger partial charge in [0.2, 0.25) is 5.88 Å². The number of carbonyl (C=O) groups excluding carboxylic acids is 2. The first kappa shape index (κ1) is 19.8. The first-order valence-corrected chi connectivity index (χ1v) is 9.88. The maximum Gasteiger partial charge on any atom is 0.340 e. The highest BCUT2D eigenvalue weighted by Crippen LogP contribution is 2.46.